The molecule has 19 heavy (non-hydrogen) atoms. The van der Waals surface area contributed by atoms with Crippen molar-refractivity contribution < 1.29 is 4.74 Å². The van der Waals surface area contributed by atoms with Crippen molar-refractivity contribution >= 4 is 15.9 Å². The number of fused-ring (bicyclic) bond motifs is 1. The quantitative estimate of drug-likeness (QED) is 0.868. The van der Waals surface area contributed by atoms with Gasteiger partial charge in [0.15, 0.2) is 0 Å². The van der Waals surface area contributed by atoms with Crippen molar-refractivity contribution in [3.05, 3.63) is 28.2 Å². The molecule has 1 fully saturated rings. The fourth-order valence-electron chi connectivity index (χ4n) is 3.70. The molecule has 0 aromatic heterocycles. The molecular formula is C16H22BrNO. The van der Waals surface area contributed by atoms with Crippen molar-refractivity contribution in [1.82, 2.24) is 5.32 Å². The lowest BCUT2D eigenvalue weighted by atomic mass is 9.81. The van der Waals surface area contributed by atoms with Crippen molar-refractivity contribution in [3.63, 3.8) is 0 Å². The minimum Gasteiger partial charge on any atom is -0.487 e. The van der Waals surface area contributed by atoms with Gasteiger partial charge in [0.1, 0.15) is 11.4 Å². The first kappa shape index (κ1) is 13.4. The van der Waals surface area contributed by atoms with Crippen LogP contribution < -0.4 is 10.1 Å². The Bertz CT molecular complexity index is 476. The van der Waals surface area contributed by atoms with Gasteiger partial charge in [-0.15, -0.1) is 0 Å². The third-order valence-corrected chi connectivity index (χ3v) is 5.29. The standard InChI is InChI=1S/C16H22BrNO/c1-3-18-14-10-16(8-4-5-11(16)2)19-15-9-12(17)6-7-13(14)15/h6-7,9,11,14,18H,3-5,8,10H2,1-2H3. The number of benzene rings is 1. The van der Waals surface area contributed by atoms with Crippen molar-refractivity contribution in [2.75, 3.05) is 6.54 Å². The molecule has 0 saturated heterocycles. The minimum atomic E-state index is 0.0562. The summed E-state index contributed by atoms with van der Waals surface area (Å²) in [7, 11) is 0. The highest BCUT2D eigenvalue weighted by atomic mass is 79.9. The van der Waals surface area contributed by atoms with Crippen molar-refractivity contribution in [3.8, 4) is 5.75 Å². The van der Waals surface area contributed by atoms with E-state index in [0.717, 1.165) is 23.2 Å². The van der Waals surface area contributed by atoms with Crippen molar-refractivity contribution in [2.45, 2.75) is 51.2 Å². The molecule has 1 N–H and O–H groups in total. The molecule has 3 atom stereocenters. The predicted octanol–water partition coefficient (Wildman–Crippen LogP) is 4.44. The molecule has 1 aromatic carbocycles. The van der Waals surface area contributed by atoms with E-state index < -0.39 is 0 Å². The van der Waals surface area contributed by atoms with Crippen LogP contribution in [0.3, 0.4) is 0 Å². The Morgan fingerprint density at radius 3 is 3.00 bits per heavy atom. The van der Waals surface area contributed by atoms with Crippen LogP contribution in [-0.4, -0.2) is 12.1 Å². The number of hydrogen-bond donors (Lipinski definition) is 1. The molecule has 0 bridgehead atoms. The smallest absolute Gasteiger partial charge is 0.126 e. The summed E-state index contributed by atoms with van der Waals surface area (Å²) >= 11 is 3.56. The van der Waals surface area contributed by atoms with E-state index in [2.05, 4.69) is 53.3 Å². The topological polar surface area (TPSA) is 21.3 Å². The average Bonchev–Trinajstić information content (AvgIpc) is 2.70. The molecule has 1 aromatic rings. The molecule has 0 radical (unpaired) electrons. The van der Waals surface area contributed by atoms with E-state index in [-0.39, 0.29) is 5.60 Å². The van der Waals surface area contributed by atoms with Crippen LogP contribution in [0.15, 0.2) is 22.7 Å². The Kier molecular flexibility index (Phi) is 3.61. The molecule has 2 nitrogen and oxygen atoms in total. The zero-order valence-corrected chi connectivity index (χ0v) is 13.3. The van der Waals surface area contributed by atoms with Gasteiger partial charge in [0.2, 0.25) is 0 Å². The summed E-state index contributed by atoms with van der Waals surface area (Å²) in [5, 5.41) is 3.64. The predicted molar refractivity (Wildman–Crippen MR) is 81.6 cm³/mol. The maximum atomic E-state index is 6.48. The monoisotopic (exact) mass is 323 g/mol. The molecule has 1 heterocycles. The third-order valence-electron chi connectivity index (χ3n) is 4.80. The number of hydrogen-bond acceptors (Lipinski definition) is 2. The van der Waals surface area contributed by atoms with Crippen LogP contribution in [0.5, 0.6) is 5.75 Å². The molecule has 3 rings (SSSR count). The number of nitrogens with one attached hydrogen (secondary N) is 1. The van der Waals surface area contributed by atoms with Crippen LogP contribution in [0.4, 0.5) is 0 Å². The Labute approximate surface area is 124 Å². The average molecular weight is 324 g/mol. The van der Waals surface area contributed by atoms with Gasteiger partial charge in [0.05, 0.1) is 0 Å². The number of rotatable bonds is 2. The fourth-order valence-corrected chi connectivity index (χ4v) is 4.04. The van der Waals surface area contributed by atoms with Crippen LogP contribution in [-0.2, 0) is 0 Å². The lowest BCUT2D eigenvalue weighted by Gasteiger charge is -2.43. The first-order valence-electron chi connectivity index (χ1n) is 7.36. The van der Waals surface area contributed by atoms with Crippen LogP contribution >= 0.6 is 15.9 Å². The highest BCUT2D eigenvalue weighted by Gasteiger charge is 2.47. The second-order valence-electron chi connectivity index (χ2n) is 5.96. The molecule has 1 aliphatic carbocycles. The van der Waals surface area contributed by atoms with Gasteiger partial charge >= 0.3 is 0 Å². The minimum absolute atomic E-state index is 0.0562. The maximum Gasteiger partial charge on any atom is 0.126 e. The van der Waals surface area contributed by atoms with Gasteiger partial charge in [-0.2, -0.15) is 0 Å². The van der Waals surface area contributed by atoms with Gasteiger partial charge in [0, 0.05) is 22.5 Å². The van der Waals surface area contributed by atoms with Crippen LogP contribution in [0.1, 0.15) is 51.1 Å². The number of ether oxygens (including phenoxy) is 1. The summed E-state index contributed by atoms with van der Waals surface area (Å²) < 4.78 is 7.58. The first-order valence-corrected chi connectivity index (χ1v) is 8.16. The van der Waals surface area contributed by atoms with E-state index in [1.807, 2.05) is 0 Å². The van der Waals surface area contributed by atoms with Gasteiger partial charge in [-0.25, -0.2) is 0 Å². The summed E-state index contributed by atoms with van der Waals surface area (Å²) in [4.78, 5) is 0. The van der Waals surface area contributed by atoms with E-state index in [1.165, 1.54) is 24.8 Å². The van der Waals surface area contributed by atoms with E-state index in [1.54, 1.807) is 0 Å². The lowest BCUT2D eigenvalue weighted by molar-refractivity contribution is 0.00198. The van der Waals surface area contributed by atoms with E-state index in [0.29, 0.717) is 12.0 Å². The highest BCUT2D eigenvalue weighted by molar-refractivity contribution is 9.10. The Balaban J connectivity index is 2.00. The van der Waals surface area contributed by atoms with Gasteiger partial charge in [-0.05, 0) is 43.9 Å². The summed E-state index contributed by atoms with van der Waals surface area (Å²) in [5.74, 6) is 1.72. The summed E-state index contributed by atoms with van der Waals surface area (Å²) in [6.45, 7) is 5.53. The van der Waals surface area contributed by atoms with E-state index in [4.69, 9.17) is 4.74 Å². The molecule has 0 amide bonds. The lowest BCUT2D eigenvalue weighted by Crippen LogP contribution is -2.46. The van der Waals surface area contributed by atoms with Gasteiger partial charge in [0.25, 0.3) is 0 Å². The first-order chi connectivity index (χ1) is 9.14. The summed E-state index contributed by atoms with van der Waals surface area (Å²) in [5.41, 5.74) is 1.37. The molecule has 104 valence electrons. The largest absolute Gasteiger partial charge is 0.487 e. The molecular weight excluding hydrogens is 302 g/mol. The van der Waals surface area contributed by atoms with Crippen LogP contribution in [0.2, 0.25) is 0 Å². The molecule has 2 aliphatic rings. The molecule has 1 spiro atoms. The molecule has 1 aliphatic heterocycles. The normalized spacial score (nSPS) is 33.2. The Hall–Kier alpha value is -0.540. The molecule has 1 saturated carbocycles. The van der Waals surface area contributed by atoms with Crippen molar-refractivity contribution in [2.24, 2.45) is 5.92 Å². The van der Waals surface area contributed by atoms with Crippen LogP contribution in [0.25, 0.3) is 0 Å². The summed E-state index contributed by atoms with van der Waals surface area (Å²) in [6.07, 6.45) is 4.89. The second kappa shape index (κ2) is 5.10. The Morgan fingerprint density at radius 1 is 1.47 bits per heavy atom. The van der Waals surface area contributed by atoms with E-state index >= 15 is 0 Å². The number of halogens is 1. The zero-order valence-electron chi connectivity index (χ0n) is 11.7. The SMILES string of the molecule is CCNC1CC2(CCCC2C)Oc2cc(Br)ccc21. The van der Waals surface area contributed by atoms with Crippen LogP contribution in [0, 0.1) is 5.92 Å². The van der Waals surface area contributed by atoms with E-state index in [9.17, 15) is 0 Å². The van der Waals surface area contributed by atoms with Gasteiger partial charge in [-0.1, -0.05) is 35.8 Å². The fraction of sp³-hybridized carbons (Fsp3) is 0.625. The second-order valence-corrected chi connectivity index (χ2v) is 6.87. The summed E-state index contributed by atoms with van der Waals surface area (Å²) in [6, 6.07) is 6.87. The maximum absolute atomic E-state index is 6.48. The highest BCUT2D eigenvalue weighted by Crippen LogP contribution is 2.50. The molecule has 3 heteroatoms. The van der Waals surface area contributed by atoms with Crippen molar-refractivity contribution in [1.29, 1.82) is 0 Å². The van der Waals surface area contributed by atoms with Gasteiger partial charge in [-0.3, -0.25) is 0 Å². The zero-order chi connectivity index (χ0) is 13.5. The Morgan fingerprint density at radius 2 is 2.32 bits per heavy atom. The molecule has 3 unspecified atom stereocenters. The van der Waals surface area contributed by atoms with Gasteiger partial charge < -0.3 is 10.1 Å². The third kappa shape index (κ3) is 2.31.